The second kappa shape index (κ2) is 5.09. The number of carbonyl (C=O) groups excluding carboxylic acids is 1. The number of hydrazine groups is 1. The van der Waals surface area contributed by atoms with Crippen molar-refractivity contribution in [2.75, 3.05) is 6.61 Å². The summed E-state index contributed by atoms with van der Waals surface area (Å²) >= 11 is 0. The molecular formula is C7H16N2O2. The Balaban J connectivity index is 3.84. The summed E-state index contributed by atoms with van der Waals surface area (Å²) in [5.74, 6) is 4.65. The Labute approximate surface area is 66.7 Å². The van der Waals surface area contributed by atoms with Gasteiger partial charge in [-0.3, -0.25) is 10.2 Å². The zero-order valence-corrected chi connectivity index (χ0v) is 7.00. The summed E-state index contributed by atoms with van der Waals surface area (Å²) in [6.45, 7) is 3.85. The van der Waals surface area contributed by atoms with Gasteiger partial charge in [-0.15, -0.1) is 0 Å². The van der Waals surface area contributed by atoms with Crippen LogP contribution in [0, 0.1) is 11.8 Å². The molecule has 1 amide bonds. The van der Waals surface area contributed by atoms with Gasteiger partial charge >= 0.3 is 0 Å². The van der Waals surface area contributed by atoms with Gasteiger partial charge in [0, 0.05) is 0 Å². The van der Waals surface area contributed by atoms with Crippen molar-refractivity contribution in [3.63, 3.8) is 0 Å². The van der Waals surface area contributed by atoms with Gasteiger partial charge in [0.15, 0.2) is 0 Å². The molecule has 4 heteroatoms. The molecule has 11 heavy (non-hydrogen) atoms. The van der Waals surface area contributed by atoms with Gasteiger partial charge in [0.05, 0.1) is 12.5 Å². The van der Waals surface area contributed by atoms with Crippen molar-refractivity contribution in [1.82, 2.24) is 5.43 Å². The Morgan fingerprint density at radius 2 is 2.18 bits per heavy atom. The molecule has 0 heterocycles. The van der Waals surface area contributed by atoms with E-state index in [0.29, 0.717) is 12.3 Å². The van der Waals surface area contributed by atoms with Crippen LogP contribution in [-0.2, 0) is 4.79 Å². The van der Waals surface area contributed by atoms with Crippen LogP contribution < -0.4 is 11.3 Å². The van der Waals surface area contributed by atoms with Gasteiger partial charge in [0.25, 0.3) is 0 Å². The topological polar surface area (TPSA) is 75.3 Å². The van der Waals surface area contributed by atoms with Gasteiger partial charge in [0.1, 0.15) is 0 Å². The average Bonchev–Trinajstić information content (AvgIpc) is 1.98. The van der Waals surface area contributed by atoms with E-state index in [4.69, 9.17) is 10.9 Å². The van der Waals surface area contributed by atoms with Gasteiger partial charge < -0.3 is 5.11 Å². The van der Waals surface area contributed by atoms with Gasteiger partial charge in [-0.25, -0.2) is 5.84 Å². The third-order valence-corrected chi connectivity index (χ3v) is 1.49. The van der Waals surface area contributed by atoms with Crippen molar-refractivity contribution in [3.8, 4) is 0 Å². The second-order valence-electron chi connectivity index (χ2n) is 3.02. The number of hydrogen-bond acceptors (Lipinski definition) is 3. The number of nitrogens with one attached hydrogen (secondary N) is 1. The molecule has 0 saturated carbocycles. The predicted octanol–water partition coefficient (Wildman–Crippen LogP) is -0.369. The summed E-state index contributed by atoms with van der Waals surface area (Å²) in [5.41, 5.74) is 2.02. The van der Waals surface area contributed by atoms with E-state index in [2.05, 4.69) is 0 Å². The van der Waals surface area contributed by atoms with Crippen molar-refractivity contribution in [1.29, 1.82) is 0 Å². The van der Waals surface area contributed by atoms with Crippen LogP contribution in [0.3, 0.4) is 0 Å². The Bertz CT molecular complexity index is 126. The maximum absolute atomic E-state index is 10.9. The maximum atomic E-state index is 10.9. The number of aliphatic hydroxyl groups is 1. The number of aliphatic hydroxyl groups excluding tert-OH is 1. The number of amides is 1. The summed E-state index contributed by atoms with van der Waals surface area (Å²) in [5, 5.41) is 8.76. The highest BCUT2D eigenvalue weighted by Gasteiger charge is 2.17. The van der Waals surface area contributed by atoms with Crippen LogP contribution in [0.25, 0.3) is 0 Å². The maximum Gasteiger partial charge on any atom is 0.239 e. The lowest BCUT2D eigenvalue weighted by molar-refractivity contribution is -0.126. The monoisotopic (exact) mass is 160 g/mol. The van der Waals surface area contributed by atoms with Gasteiger partial charge in [0.2, 0.25) is 5.91 Å². The molecule has 0 aromatic carbocycles. The molecule has 0 saturated heterocycles. The number of rotatable bonds is 4. The molecule has 0 aliphatic carbocycles. The smallest absolute Gasteiger partial charge is 0.239 e. The standard InChI is InChI=1S/C7H16N2O2/c1-5(2)3-6(4-10)7(11)9-8/h5-6,10H,3-4,8H2,1-2H3,(H,9,11). The lowest BCUT2D eigenvalue weighted by atomic mass is 9.97. The molecule has 4 nitrogen and oxygen atoms in total. The van der Waals surface area contributed by atoms with Gasteiger partial charge in [-0.1, -0.05) is 13.8 Å². The Morgan fingerprint density at radius 3 is 2.45 bits per heavy atom. The highest BCUT2D eigenvalue weighted by atomic mass is 16.3. The summed E-state index contributed by atoms with van der Waals surface area (Å²) < 4.78 is 0. The molecule has 4 N–H and O–H groups in total. The Morgan fingerprint density at radius 1 is 1.64 bits per heavy atom. The summed E-state index contributed by atoms with van der Waals surface area (Å²) in [6, 6.07) is 0. The Kier molecular flexibility index (Phi) is 4.81. The zero-order valence-electron chi connectivity index (χ0n) is 7.00. The first-order chi connectivity index (χ1) is 5.11. The van der Waals surface area contributed by atoms with E-state index in [1.807, 2.05) is 19.3 Å². The fraction of sp³-hybridized carbons (Fsp3) is 0.857. The van der Waals surface area contributed by atoms with Crippen molar-refractivity contribution in [2.24, 2.45) is 17.7 Å². The SMILES string of the molecule is CC(C)CC(CO)C(=O)NN. The van der Waals surface area contributed by atoms with Crippen LogP contribution in [-0.4, -0.2) is 17.6 Å². The first-order valence-corrected chi connectivity index (χ1v) is 3.73. The molecule has 66 valence electrons. The van der Waals surface area contributed by atoms with Crippen molar-refractivity contribution in [2.45, 2.75) is 20.3 Å². The first kappa shape index (κ1) is 10.4. The van der Waals surface area contributed by atoms with E-state index in [-0.39, 0.29) is 18.4 Å². The molecule has 0 spiro atoms. The molecule has 0 rings (SSSR count). The molecule has 0 aliphatic heterocycles. The predicted molar refractivity (Wildman–Crippen MR) is 42.4 cm³/mol. The Hall–Kier alpha value is -0.610. The zero-order chi connectivity index (χ0) is 8.85. The second-order valence-corrected chi connectivity index (χ2v) is 3.02. The normalized spacial score (nSPS) is 13.2. The van der Waals surface area contributed by atoms with Crippen molar-refractivity contribution in [3.05, 3.63) is 0 Å². The fourth-order valence-corrected chi connectivity index (χ4v) is 0.951. The number of carbonyl (C=O) groups is 1. The highest BCUT2D eigenvalue weighted by molar-refractivity contribution is 5.78. The lowest BCUT2D eigenvalue weighted by Crippen LogP contribution is -2.37. The minimum Gasteiger partial charge on any atom is -0.396 e. The van der Waals surface area contributed by atoms with Crippen molar-refractivity contribution >= 4 is 5.91 Å². The van der Waals surface area contributed by atoms with E-state index >= 15 is 0 Å². The van der Waals surface area contributed by atoms with Gasteiger partial charge in [-0.2, -0.15) is 0 Å². The summed E-state index contributed by atoms with van der Waals surface area (Å²) in [6.07, 6.45) is 0.666. The fourth-order valence-electron chi connectivity index (χ4n) is 0.951. The van der Waals surface area contributed by atoms with E-state index in [1.54, 1.807) is 0 Å². The highest BCUT2D eigenvalue weighted by Crippen LogP contribution is 2.10. The minimum absolute atomic E-state index is 0.138. The molecule has 0 fully saturated rings. The molecule has 0 bridgehead atoms. The van der Waals surface area contributed by atoms with Crippen LogP contribution in [0.4, 0.5) is 0 Å². The van der Waals surface area contributed by atoms with E-state index < -0.39 is 0 Å². The first-order valence-electron chi connectivity index (χ1n) is 3.73. The summed E-state index contributed by atoms with van der Waals surface area (Å²) in [4.78, 5) is 10.9. The van der Waals surface area contributed by atoms with Gasteiger partial charge in [-0.05, 0) is 12.3 Å². The molecule has 0 aromatic rings. The lowest BCUT2D eigenvalue weighted by Gasteiger charge is -2.13. The third kappa shape index (κ3) is 3.95. The number of nitrogens with two attached hydrogens (primary N) is 1. The minimum atomic E-state index is -0.361. The van der Waals surface area contributed by atoms with Crippen LogP contribution in [0.5, 0.6) is 0 Å². The van der Waals surface area contributed by atoms with Crippen molar-refractivity contribution < 1.29 is 9.90 Å². The van der Waals surface area contributed by atoms with E-state index in [1.165, 1.54) is 0 Å². The van der Waals surface area contributed by atoms with E-state index in [0.717, 1.165) is 0 Å². The molecular weight excluding hydrogens is 144 g/mol. The van der Waals surface area contributed by atoms with E-state index in [9.17, 15) is 4.79 Å². The van der Waals surface area contributed by atoms with Crippen LogP contribution in [0.2, 0.25) is 0 Å². The third-order valence-electron chi connectivity index (χ3n) is 1.49. The molecule has 0 aliphatic rings. The molecule has 0 radical (unpaired) electrons. The number of hydrogen-bond donors (Lipinski definition) is 3. The average molecular weight is 160 g/mol. The largest absolute Gasteiger partial charge is 0.396 e. The summed E-state index contributed by atoms with van der Waals surface area (Å²) in [7, 11) is 0. The molecule has 1 unspecified atom stereocenters. The van der Waals surface area contributed by atoms with Crippen LogP contribution in [0.15, 0.2) is 0 Å². The van der Waals surface area contributed by atoms with Crippen LogP contribution in [0.1, 0.15) is 20.3 Å². The quantitative estimate of drug-likeness (QED) is 0.298. The molecule has 1 atom stereocenters. The molecule has 0 aromatic heterocycles. The van der Waals surface area contributed by atoms with Crippen LogP contribution >= 0.6 is 0 Å².